The predicted octanol–water partition coefficient (Wildman–Crippen LogP) is 2.20. The fraction of sp³-hybridized carbons (Fsp3) is 0.217. The number of pyridine rings is 1. The minimum Gasteiger partial charge on any atom is -0.497 e. The molecule has 3 heterocycles. The van der Waals surface area contributed by atoms with Crippen LogP contribution in [0.2, 0.25) is 0 Å². The molecule has 0 saturated heterocycles. The summed E-state index contributed by atoms with van der Waals surface area (Å²) in [5.41, 5.74) is 2.26. The smallest absolute Gasteiger partial charge is 0.338 e. The Balaban J connectivity index is 1.95. The van der Waals surface area contributed by atoms with Crippen LogP contribution in [0.3, 0.4) is 0 Å². The van der Waals surface area contributed by atoms with Gasteiger partial charge < -0.3 is 9.47 Å². The Kier molecular flexibility index (Phi) is 5.81. The molecule has 1 aliphatic heterocycles. The first-order valence-electron chi connectivity index (χ1n) is 9.77. The Morgan fingerprint density at radius 2 is 2.03 bits per heavy atom. The molecule has 0 aliphatic carbocycles. The molecule has 1 atom stereocenters. The number of thiazole rings is 1. The lowest BCUT2D eigenvalue weighted by atomic mass is 9.96. The number of hydrogen-bond donors (Lipinski definition) is 0. The van der Waals surface area contributed by atoms with Crippen molar-refractivity contribution in [3.63, 3.8) is 0 Å². The molecule has 0 bridgehead atoms. The standard InChI is InChI=1S/C23H21N3O4S/c1-4-30-22(28)19-14(2)25-23-26(20(19)16-7-9-17(29-3)10-8-16)21(27)18(31-23)12-15-6-5-11-24-13-15/h5-13,20H,4H2,1-3H3/b18-12+. The van der Waals surface area contributed by atoms with Crippen LogP contribution in [0.25, 0.3) is 6.08 Å². The summed E-state index contributed by atoms with van der Waals surface area (Å²) in [7, 11) is 1.59. The molecule has 31 heavy (non-hydrogen) atoms. The molecule has 0 N–H and O–H groups in total. The average Bonchev–Trinajstić information content (AvgIpc) is 3.08. The lowest BCUT2D eigenvalue weighted by molar-refractivity contribution is -0.139. The van der Waals surface area contributed by atoms with Crippen molar-refractivity contribution in [1.82, 2.24) is 9.55 Å². The van der Waals surface area contributed by atoms with Crippen LogP contribution in [0.5, 0.6) is 5.75 Å². The minimum absolute atomic E-state index is 0.220. The Morgan fingerprint density at radius 3 is 2.68 bits per heavy atom. The number of aromatic nitrogens is 2. The van der Waals surface area contributed by atoms with E-state index in [0.717, 1.165) is 11.1 Å². The van der Waals surface area contributed by atoms with Crippen molar-refractivity contribution in [2.24, 2.45) is 4.99 Å². The molecule has 1 aromatic carbocycles. The zero-order chi connectivity index (χ0) is 22.0. The zero-order valence-corrected chi connectivity index (χ0v) is 18.2. The number of benzene rings is 1. The van der Waals surface area contributed by atoms with E-state index in [1.54, 1.807) is 56.1 Å². The quantitative estimate of drug-likeness (QED) is 0.574. The normalized spacial score (nSPS) is 16.0. The fourth-order valence-electron chi connectivity index (χ4n) is 3.51. The van der Waals surface area contributed by atoms with Crippen LogP contribution in [0.15, 0.2) is 69.8 Å². The van der Waals surface area contributed by atoms with Gasteiger partial charge in [-0.2, -0.15) is 0 Å². The number of fused-ring (bicyclic) bond motifs is 1. The van der Waals surface area contributed by atoms with Gasteiger partial charge in [-0.05, 0) is 49.2 Å². The van der Waals surface area contributed by atoms with Gasteiger partial charge in [-0.25, -0.2) is 9.79 Å². The van der Waals surface area contributed by atoms with Crippen LogP contribution in [0, 0.1) is 0 Å². The third kappa shape index (κ3) is 3.94. The molecule has 8 heteroatoms. The van der Waals surface area contributed by atoms with Crippen LogP contribution in [0.4, 0.5) is 0 Å². The Morgan fingerprint density at radius 1 is 1.26 bits per heavy atom. The number of carbonyl (C=O) groups is 1. The summed E-state index contributed by atoms with van der Waals surface area (Å²) < 4.78 is 12.6. The van der Waals surface area contributed by atoms with Gasteiger partial charge in [0.1, 0.15) is 5.75 Å². The first kappa shape index (κ1) is 20.7. The lowest BCUT2D eigenvalue weighted by Crippen LogP contribution is -2.39. The molecule has 3 aromatic rings. The number of carbonyl (C=O) groups excluding carboxylic acids is 1. The molecule has 158 valence electrons. The molecule has 2 aromatic heterocycles. The zero-order valence-electron chi connectivity index (χ0n) is 17.4. The van der Waals surface area contributed by atoms with Crippen molar-refractivity contribution >= 4 is 23.4 Å². The number of hydrogen-bond acceptors (Lipinski definition) is 7. The summed E-state index contributed by atoms with van der Waals surface area (Å²) >= 11 is 1.28. The summed E-state index contributed by atoms with van der Waals surface area (Å²) in [6.45, 7) is 3.75. The Hall–Kier alpha value is -3.52. The lowest BCUT2D eigenvalue weighted by Gasteiger charge is -2.24. The van der Waals surface area contributed by atoms with E-state index in [0.29, 0.717) is 26.4 Å². The molecule has 1 aliphatic rings. The highest BCUT2D eigenvalue weighted by Crippen LogP contribution is 2.31. The molecule has 0 spiro atoms. The van der Waals surface area contributed by atoms with Crippen LogP contribution >= 0.6 is 11.3 Å². The second-order valence-electron chi connectivity index (χ2n) is 6.86. The highest BCUT2D eigenvalue weighted by atomic mass is 32.1. The molecular weight excluding hydrogens is 414 g/mol. The maximum Gasteiger partial charge on any atom is 0.338 e. The number of allylic oxidation sites excluding steroid dienone is 1. The van der Waals surface area contributed by atoms with Crippen LogP contribution < -0.4 is 19.6 Å². The molecule has 7 nitrogen and oxygen atoms in total. The first-order valence-corrected chi connectivity index (χ1v) is 10.6. The monoisotopic (exact) mass is 435 g/mol. The highest BCUT2D eigenvalue weighted by molar-refractivity contribution is 7.07. The maximum absolute atomic E-state index is 13.4. The van der Waals surface area contributed by atoms with Gasteiger partial charge in [0.15, 0.2) is 4.80 Å². The van der Waals surface area contributed by atoms with Crippen LogP contribution in [-0.4, -0.2) is 29.2 Å². The fourth-order valence-corrected chi connectivity index (χ4v) is 4.55. The Bertz CT molecular complexity index is 1320. The molecule has 1 unspecified atom stereocenters. The highest BCUT2D eigenvalue weighted by Gasteiger charge is 2.33. The molecular formula is C23H21N3O4S. The third-order valence-corrected chi connectivity index (χ3v) is 5.91. The van der Waals surface area contributed by atoms with E-state index in [4.69, 9.17) is 9.47 Å². The number of nitrogens with zero attached hydrogens (tertiary/aromatic N) is 3. The Labute approximate surface area is 182 Å². The second kappa shape index (κ2) is 8.69. The molecule has 4 rings (SSSR count). The van der Waals surface area contributed by atoms with Crippen LogP contribution in [-0.2, 0) is 9.53 Å². The predicted molar refractivity (Wildman–Crippen MR) is 118 cm³/mol. The number of ether oxygens (including phenoxy) is 2. The van der Waals surface area contributed by atoms with Crippen molar-refractivity contribution in [2.75, 3.05) is 13.7 Å². The van der Waals surface area contributed by atoms with Crippen molar-refractivity contribution in [1.29, 1.82) is 0 Å². The van der Waals surface area contributed by atoms with Gasteiger partial charge in [0.25, 0.3) is 5.56 Å². The maximum atomic E-state index is 13.4. The van der Waals surface area contributed by atoms with Crippen molar-refractivity contribution < 1.29 is 14.3 Å². The summed E-state index contributed by atoms with van der Waals surface area (Å²) in [6, 6.07) is 10.3. The van der Waals surface area contributed by atoms with E-state index in [-0.39, 0.29) is 12.2 Å². The van der Waals surface area contributed by atoms with Gasteiger partial charge in [-0.3, -0.25) is 14.3 Å². The van der Waals surface area contributed by atoms with Gasteiger partial charge in [0, 0.05) is 12.4 Å². The van der Waals surface area contributed by atoms with E-state index in [1.165, 1.54) is 11.3 Å². The average molecular weight is 436 g/mol. The van der Waals surface area contributed by atoms with E-state index in [2.05, 4.69) is 9.98 Å². The molecule has 0 saturated carbocycles. The molecule has 0 amide bonds. The van der Waals surface area contributed by atoms with Gasteiger partial charge in [-0.15, -0.1) is 0 Å². The summed E-state index contributed by atoms with van der Waals surface area (Å²) in [6.07, 6.45) is 5.15. The van der Waals surface area contributed by atoms with E-state index >= 15 is 0 Å². The molecule has 0 radical (unpaired) electrons. The largest absolute Gasteiger partial charge is 0.497 e. The van der Waals surface area contributed by atoms with E-state index in [1.807, 2.05) is 24.3 Å². The molecule has 0 fully saturated rings. The van der Waals surface area contributed by atoms with Gasteiger partial charge in [0.05, 0.1) is 35.6 Å². The third-order valence-electron chi connectivity index (χ3n) is 4.93. The number of methoxy groups -OCH3 is 1. The number of rotatable bonds is 5. The van der Waals surface area contributed by atoms with E-state index < -0.39 is 12.0 Å². The van der Waals surface area contributed by atoms with Crippen molar-refractivity contribution in [3.8, 4) is 5.75 Å². The summed E-state index contributed by atoms with van der Waals surface area (Å²) in [5.74, 6) is 0.206. The van der Waals surface area contributed by atoms with Gasteiger partial charge >= 0.3 is 5.97 Å². The first-order chi connectivity index (χ1) is 15.0. The second-order valence-corrected chi connectivity index (χ2v) is 7.87. The van der Waals surface area contributed by atoms with E-state index in [9.17, 15) is 9.59 Å². The van der Waals surface area contributed by atoms with Crippen LogP contribution in [0.1, 0.15) is 31.0 Å². The summed E-state index contributed by atoms with van der Waals surface area (Å²) in [5, 5.41) is 0. The van der Waals surface area contributed by atoms with Crippen molar-refractivity contribution in [3.05, 3.63) is 90.9 Å². The number of esters is 1. The summed E-state index contributed by atoms with van der Waals surface area (Å²) in [4.78, 5) is 35.5. The van der Waals surface area contributed by atoms with Crippen molar-refractivity contribution in [2.45, 2.75) is 19.9 Å². The topological polar surface area (TPSA) is 82.8 Å². The minimum atomic E-state index is -0.641. The SMILES string of the molecule is CCOC(=O)C1=C(C)N=c2s/c(=C/c3cccnc3)c(=O)n2C1c1ccc(OC)cc1. The van der Waals surface area contributed by atoms with Gasteiger partial charge in [-0.1, -0.05) is 29.5 Å². The van der Waals surface area contributed by atoms with Gasteiger partial charge in [0.2, 0.25) is 0 Å².